The van der Waals surface area contributed by atoms with E-state index in [4.69, 9.17) is 9.47 Å². The third kappa shape index (κ3) is 3.53. The Morgan fingerprint density at radius 1 is 1.32 bits per heavy atom. The van der Waals surface area contributed by atoms with Crippen LogP contribution in [0.4, 0.5) is 5.69 Å². The summed E-state index contributed by atoms with van der Waals surface area (Å²) >= 11 is 0. The smallest absolute Gasteiger partial charge is 0.307 e. The Bertz CT molecular complexity index is 447. The number of benzene rings is 1. The van der Waals surface area contributed by atoms with Crippen LogP contribution in [0.15, 0.2) is 18.2 Å². The number of carbonyl (C=O) groups is 1. The summed E-state index contributed by atoms with van der Waals surface area (Å²) in [6, 6.07) is 5.81. The highest BCUT2D eigenvalue weighted by atomic mass is 16.5. The van der Waals surface area contributed by atoms with Crippen molar-refractivity contribution in [3.8, 4) is 11.5 Å². The average molecular weight is 265 g/mol. The molecular formula is C14H19NO4. The molecule has 1 aromatic rings. The first kappa shape index (κ1) is 13.5. The number of hydrogen-bond donors (Lipinski definition) is 0. The molecule has 1 aliphatic rings. The van der Waals surface area contributed by atoms with Gasteiger partial charge < -0.3 is 19.1 Å². The summed E-state index contributed by atoms with van der Waals surface area (Å²) in [5.41, 5.74) is 0.994. The molecule has 0 spiro atoms. The number of esters is 1. The molecule has 104 valence electrons. The standard InChI is InChI=1S/C14H19NO4/c1-15(7-6-14(16)17-2)11-4-5-12-13(10-11)19-9-3-8-18-12/h4-5,10H,3,6-9H2,1-2H3. The lowest BCUT2D eigenvalue weighted by Gasteiger charge is -2.20. The van der Waals surface area contributed by atoms with Gasteiger partial charge in [0.2, 0.25) is 0 Å². The number of ether oxygens (including phenoxy) is 3. The molecule has 0 aliphatic carbocycles. The monoisotopic (exact) mass is 265 g/mol. The van der Waals surface area contributed by atoms with Crippen LogP contribution in [0.2, 0.25) is 0 Å². The van der Waals surface area contributed by atoms with E-state index in [9.17, 15) is 4.79 Å². The van der Waals surface area contributed by atoms with Gasteiger partial charge in [-0.1, -0.05) is 0 Å². The van der Waals surface area contributed by atoms with E-state index < -0.39 is 0 Å². The van der Waals surface area contributed by atoms with Crippen LogP contribution in [0.5, 0.6) is 11.5 Å². The maximum atomic E-state index is 11.1. The molecule has 0 bridgehead atoms. The minimum Gasteiger partial charge on any atom is -0.490 e. The third-order valence-electron chi connectivity index (χ3n) is 3.05. The Labute approximate surface area is 113 Å². The Hall–Kier alpha value is -1.91. The SMILES string of the molecule is COC(=O)CCN(C)c1ccc2c(c1)OCCCO2. The molecule has 0 aromatic heterocycles. The van der Waals surface area contributed by atoms with Gasteiger partial charge in [0.1, 0.15) is 0 Å². The summed E-state index contributed by atoms with van der Waals surface area (Å²) in [7, 11) is 3.33. The van der Waals surface area contributed by atoms with Crippen molar-refractivity contribution in [3.63, 3.8) is 0 Å². The van der Waals surface area contributed by atoms with E-state index in [0.717, 1.165) is 23.6 Å². The first-order valence-corrected chi connectivity index (χ1v) is 6.38. The number of hydrogen-bond acceptors (Lipinski definition) is 5. The summed E-state index contributed by atoms with van der Waals surface area (Å²) in [4.78, 5) is 13.1. The molecule has 0 unspecified atom stereocenters. The van der Waals surface area contributed by atoms with Crippen molar-refractivity contribution in [1.82, 2.24) is 0 Å². The molecule has 0 saturated heterocycles. The van der Waals surface area contributed by atoms with E-state index in [-0.39, 0.29) is 5.97 Å². The molecule has 5 heteroatoms. The van der Waals surface area contributed by atoms with Gasteiger partial charge in [-0.3, -0.25) is 4.79 Å². The molecule has 0 fully saturated rings. The largest absolute Gasteiger partial charge is 0.490 e. The Morgan fingerprint density at radius 3 is 2.79 bits per heavy atom. The summed E-state index contributed by atoms with van der Waals surface area (Å²) in [5, 5.41) is 0. The topological polar surface area (TPSA) is 48.0 Å². The molecule has 0 amide bonds. The van der Waals surface area contributed by atoms with Crippen LogP contribution in [0.25, 0.3) is 0 Å². The van der Waals surface area contributed by atoms with Gasteiger partial charge in [0.15, 0.2) is 11.5 Å². The Kier molecular flexibility index (Phi) is 4.49. The highest BCUT2D eigenvalue weighted by molar-refractivity contribution is 5.70. The van der Waals surface area contributed by atoms with E-state index in [1.807, 2.05) is 30.1 Å². The molecule has 2 rings (SSSR count). The molecule has 1 aliphatic heterocycles. The van der Waals surface area contributed by atoms with Gasteiger partial charge in [-0.2, -0.15) is 0 Å². The van der Waals surface area contributed by atoms with Crippen LogP contribution in [-0.4, -0.2) is 39.9 Å². The second-order valence-electron chi connectivity index (χ2n) is 4.43. The van der Waals surface area contributed by atoms with Crippen LogP contribution < -0.4 is 14.4 Å². The molecule has 1 heterocycles. The first-order valence-electron chi connectivity index (χ1n) is 6.38. The molecular weight excluding hydrogens is 246 g/mol. The minimum absolute atomic E-state index is 0.207. The highest BCUT2D eigenvalue weighted by Crippen LogP contribution is 2.33. The fourth-order valence-electron chi connectivity index (χ4n) is 1.88. The first-order chi connectivity index (χ1) is 9.20. The van der Waals surface area contributed by atoms with Gasteiger partial charge in [0, 0.05) is 31.8 Å². The summed E-state index contributed by atoms with van der Waals surface area (Å²) in [6.45, 7) is 1.96. The van der Waals surface area contributed by atoms with Crippen molar-refractivity contribution in [1.29, 1.82) is 0 Å². The van der Waals surface area contributed by atoms with Gasteiger partial charge in [0.05, 0.1) is 26.7 Å². The van der Waals surface area contributed by atoms with Gasteiger partial charge >= 0.3 is 5.97 Å². The lowest BCUT2D eigenvalue weighted by molar-refractivity contribution is -0.140. The van der Waals surface area contributed by atoms with Gasteiger partial charge in [-0.25, -0.2) is 0 Å². The zero-order valence-electron chi connectivity index (χ0n) is 11.3. The molecule has 0 atom stereocenters. The quantitative estimate of drug-likeness (QED) is 0.777. The van der Waals surface area contributed by atoms with Crippen molar-refractivity contribution in [3.05, 3.63) is 18.2 Å². The van der Waals surface area contributed by atoms with Crippen LogP contribution >= 0.6 is 0 Å². The van der Waals surface area contributed by atoms with Crippen LogP contribution in [0.3, 0.4) is 0 Å². The number of rotatable bonds is 4. The number of anilines is 1. The molecule has 5 nitrogen and oxygen atoms in total. The second kappa shape index (κ2) is 6.31. The van der Waals surface area contributed by atoms with Crippen LogP contribution in [0, 0.1) is 0 Å². The summed E-state index contributed by atoms with van der Waals surface area (Å²) in [6.07, 6.45) is 1.25. The van der Waals surface area contributed by atoms with Crippen molar-refractivity contribution in [2.75, 3.05) is 38.8 Å². The fraction of sp³-hybridized carbons (Fsp3) is 0.500. The fourth-order valence-corrected chi connectivity index (χ4v) is 1.88. The third-order valence-corrected chi connectivity index (χ3v) is 3.05. The molecule has 19 heavy (non-hydrogen) atoms. The minimum atomic E-state index is -0.207. The average Bonchev–Trinajstić information content (AvgIpc) is 2.68. The second-order valence-corrected chi connectivity index (χ2v) is 4.43. The number of methoxy groups -OCH3 is 1. The van der Waals surface area contributed by atoms with E-state index in [1.54, 1.807) is 0 Å². The van der Waals surface area contributed by atoms with Crippen molar-refractivity contribution in [2.45, 2.75) is 12.8 Å². The molecule has 0 radical (unpaired) electrons. The van der Waals surface area contributed by atoms with Crippen molar-refractivity contribution < 1.29 is 19.0 Å². The summed E-state index contributed by atoms with van der Waals surface area (Å²) in [5.74, 6) is 1.34. The van der Waals surface area contributed by atoms with Gasteiger partial charge in [-0.15, -0.1) is 0 Å². The van der Waals surface area contributed by atoms with E-state index >= 15 is 0 Å². The number of carbonyl (C=O) groups excluding carboxylic acids is 1. The maximum Gasteiger partial charge on any atom is 0.307 e. The van der Waals surface area contributed by atoms with Crippen molar-refractivity contribution >= 4 is 11.7 Å². The Balaban J connectivity index is 2.04. The summed E-state index contributed by atoms with van der Waals surface area (Å²) < 4.78 is 15.9. The normalized spacial score (nSPS) is 13.6. The lowest BCUT2D eigenvalue weighted by Crippen LogP contribution is -2.21. The van der Waals surface area contributed by atoms with Gasteiger partial charge in [-0.05, 0) is 12.1 Å². The van der Waals surface area contributed by atoms with Crippen LogP contribution in [0.1, 0.15) is 12.8 Å². The Morgan fingerprint density at radius 2 is 2.05 bits per heavy atom. The van der Waals surface area contributed by atoms with Crippen LogP contribution in [-0.2, 0) is 9.53 Å². The van der Waals surface area contributed by atoms with E-state index in [0.29, 0.717) is 26.2 Å². The molecule has 0 saturated carbocycles. The van der Waals surface area contributed by atoms with Gasteiger partial charge in [0.25, 0.3) is 0 Å². The zero-order valence-corrected chi connectivity index (χ0v) is 11.3. The lowest BCUT2D eigenvalue weighted by atomic mass is 10.2. The van der Waals surface area contributed by atoms with Crippen molar-refractivity contribution in [2.24, 2.45) is 0 Å². The van der Waals surface area contributed by atoms with E-state index in [1.165, 1.54) is 7.11 Å². The highest BCUT2D eigenvalue weighted by Gasteiger charge is 2.12. The predicted octanol–water partition coefficient (Wildman–Crippen LogP) is 1.85. The molecule has 0 N–H and O–H groups in total. The zero-order chi connectivity index (χ0) is 13.7. The number of nitrogens with zero attached hydrogens (tertiary/aromatic N) is 1. The maximum absolute atomic E-state index is 11.1. The van der Waals surface area contributed by atoms with E-state index in [2.05, 4.69) is 4.74 Å². The molecule has 1 aromatic carbocycles. The predicted molar refractivity (Wildman–Crippen MR) is 72.0 cm³/mol. The number of fused-ring (bicyclic) bond motifs is 1.